The van der Waals surface area contributed by atoms with Crippen LogP contribution in [-0.2, 0) is 4.79 Å². The van der Waals surface area contributed by atoms with E-state index in [1.54, 1.807) is 6.08 Å². The van der Waals surface area contributed by atoms with Crippen molar-refractivity contribution < 1.29 is 4.79 Å². The van der Waals surface area contributed by atoms with E-state index in [1.807, 2.05) is 36.1 Å². The van der Waals surface area contributed by atoms with Gasteiger partial charge in [0.15, 0.2) is 0 Å². The number of carbonyl (C=O) groups is 1. The topological polar surface area (TPSA) is 52.6 Å². The van der Waals surface area contributed by atoms with Crippen LogP contribution >= 0.6 is 0 Å². The molecule has 30 heavy (non-hydrogen) atoms. The van der Waals surface area contributed by atoms with Crippen LogP contribution in [0.4, 0.5) is 11.6 Å². The van der Waals surface area contributed by atoms with Gasteiger partial charge in [-0.25, -0.2) is 9.97 Å². The number of piperidine rings is 1. The monoisotopic (exact) mass is 405 g/mol. The number of benzene rings is 1. The largest absolute Gasteiger partial charge is 0.356 e. The van der Waals surface area contributed by atoms with E-state index in [0.29, 0.717) is 13.1 Å². The summed E-state index contributed by atoms with van der Waals surface area (Å²) in [6.45, 7) is 9.17. The van der Waals surface area contributed by atoms with Crippen molar-refractivity contribution in [2.24, 2.45) is 0 Å². The predicted molar refractivity (Wildman–Crippen MR) is 122 cm³/mol. The zero-order valence-corrected chi connectivity index (χ0v) is 18.0. The third kappa shape index (κ3) is 4.81. The van der Waals surface area contributed by atoms with Gasteiger partial charge in [0.1, 0.15) is 17.5 Å². The molecule has 2 saturated heterocycles. The van der Waals surface area contributed by atoms with E-state index in [1.165, 1.54) is 24.8 Å². The molecule has 6 nitrogen and oxygen atoms in total. The minimum Gasteiger partial charge on any atom is -0.356 e. The molecule has 1 amide bonds. The molecule has 2 fully saturated rings. The first-order chi connectivity index (χ1) is 14.6. The van der Waals surface area contributed by atoms with Crippen molar-refractivity contribution in [2.45, 2.75) is 33.1 Å². The Morgan fingerprint density at radius 1 is 0.867 bits per heavy atom. The maximum Gasteiger partial charge on any atom is 0.246 e. The summed E-state index contributed by atoms with van der Waals surface area (Å²) in [7, 11) is 0. The molecule has 0 radical (unpaired) electrons. The SMILES string of the molecule is Cc1nc(N2CCCCC2)cc(N2CCN(C(=O)/C=C/c3ccccc3C)CC2)n1. The number of anilines is 2. The summed E-state index contributed by atoms with van der Waals surface area (Å²) in [5.74, 6) is 2.90. The van der Waals surface area contributed by atoms with Crippen LogP contribution < -0.4 is 9.80 Å². The quantitative estimate of drug-likeness (QED) is 0.730. The highest BCUT2D eigenvalue weighted by Gasteiger charge is 2.22. The van der Waals surface area contributed by atoms with Crippen LogP contribution in [0.5, 0.6) is 0 Å². The lowest BCUT2D eigenvalue weighted by Gasteiger charge is -2.35. The fraction of sp³-hybridized carbons (Fsp3) is 0.458. The van der Waals surface area contributed by atoms with Crippen LogP contribution in [0.1, 0.15) is 36.2 Å². The summed E-state index contributed by atoms with van der Waals surface area (Å²) in [5.41, 5.74) is 2.26. The zero-order chi connectivity index (χ0) is 20.9. The molecular formula is C24H31N5O. The van der Waals surface area contributed by atoms with Crippen molar-refractivity contribution in [2.75, 3.05) is 49.1 Å². The van der Waals surface area contributed by atoms with E-state index >= 15 is 0 Å². The highest BCUT2D eigenvalue weighted by Crippen LogP contribution is 2.23. The van der Waals surface area contributed by atoms with Crippen LogP contribution in [0.3, 0.4) is 0 Å². The molecule has 6 heteroatoms. The second-order valence-corrected chi connectivity index (χ2v) is 8.18. The summed E-state index contributed by atoms with van der Waals surface area (Å²) in [5, 5.41) is 0. The van der Waals surface area contributed by atoms with E-state index in [-0.39, 0.29) is 5.91 Å². The average Bonchev–Trinajstić information content (AvgIpc) is 2.78. The predicted octanol–water partition coefficient (Wildman–Crippen LogP) is 3.45. The average molecular weight is 406 g/mol. The molecular weight excluding hydrogens is 374 g/mol. The smallest absolute Gasteiger partial charge is 0.246 e. The Morgan fingerprint density at radius 2 is 1.50 bits per heavy atom. The van der Waals surface area contributed by atoms with Crippen molar-refractivity contribution in [3.8, 4) is 0 Å². The molecule has 2 aliphatic heterocycles. The van der Waals surface area contributed by atoms with Gasteiger partial charge in [0.05, 0.1) is 0 Å². The first-order valence-corrected chi connectivity index (χ1v) is 11.0. The van der Waals surface area contributed by atoms with E-state index in [2.05, 4.69) is 38.8 Å². The van der Waals surface area contributed by atoms with Crippen LogP contribution in [0.2, 0.25) is 0 Å². The highest BCUT2D eigenvalue weighted by molar-refractivity contribution is 5.92. The van der Waals surface area contributed by atoms with Crippen molar-refractivity contribution in [1.29, 1.82) is 0 Å². The number of amides is 1. The maximum absolute atomic E-state index is 12.6. The molecule has 0 spiro atoms. The second-order valence-electron chi connectivity index (χ2n) is 8.18. The maximum atomic E-state index is 12.6. The van der Waals surface area contributed by atoms with E-state index in [9.17, 15) is 4.79 Å². The molecule has 4 rings (SSSR count). The molecule has 0 bridgehead atoms. The van der Waals surface area contributed by atoms with Crippen molar-refractivity contribution in [3.63, 3.8) is 0 Å². The van der Waals surface area contributed by atoms with Crippen LogP contribution in [0.25, 0.3) is 6.08 Å². The van der Waals surface area contributed by atoms with Gasteiger partial charge < -0.3 is 14.7 Å². The molecule has 0 unspecified atom stereocenters. The van der Waals surface area contributed by atoms with Crippen molar-refractivity contribution in [3.05, 3.63) is 53.4 Å². The lowest BCUT2D eigenvalue weighted by atomic mass is 10.1. The minimum absolute atomic E-state index is 0.0748. The van der Waals surface area contributed by atoms with Crippen LogP contribution in [-0.4, -0.2) is 60.0 Å². The van der Waals surface area contributed by atoms with Gasteiger partial charge in [0.25, 0.3) is 0 Å². The molecule has 1 aromatic heterocycles. The Kier molecular flexibility index (Phi) is 6.31. The Bertz CT molecular complexity index is 912. The summed E-state index contributed by atoms with van der Waals surface area (Å²) in [6, 6.07) is 10.2. The molecule has 0 saturated carbocycles. The minimum atomic E-state index is 0.0748. The van der Waals surface area contributed by atoms with E-state index in [0.717, 1.165) is 49.2 Å². The second kappa shape index (κ2) is 9.28. The first-order valence-electron chi connectivity index (χ1n) is 11.0. The zero-order valence-electron chi connectivity index (χ0n) is 18.0. The first kappa shape index (κ1) is 20.4. The summed E-state index contributed by atoms with van der Waals surface area (Å²) >= 11 is 0. The Hall–Kier alpha value is -2.89. The molecule has 0 atom stereocenters. The number of hydrogen-bond acceptors (Lipinski definition) is 5. The van der Waals surface area contributed by atoms with Gasteiger partial charge in [-0.2, -0.15) is 0 Å². The Balaban J connectivity index is 1.38. The van der Waals surface area contributed by atoms with Gasteiger partial charge in [-0.3, -0.25) is 4.79 Å². The Labute approximate surface area is 179 Å². The van der Waals surface area contributed by atoms with Crippen LogP contribution in [0, 0.1) is 13.8 Å². The third-order valence-electron chi connectivity index (χ3n) is 6.00. The van der Waals surface area contributed by atoms with Gasteiger partial charge in [0, 0.05) is 51.4 Å². The third-order valence-corrected chi connectivity index (χ3v) is 6.00. The lowest BCUT2D eigenvalue weighted by molar-refractivity contribution is -0.126. The van der Waals surface area contributed by atoms with Crippen LogP contribution in [0.15, 0.2) is 36.4 Å². The number of aromatic nitrogens is 2. The number of aryl methyl sites for hydroxylation is 2. The fourth-order valence-corrected chi connectivity index (χ4v) is 4.18. The van der Waals surface area contributed by atoms with E-state index in [4.69, 9.17) is 0 Å². The number of nitrogens with zero attached hydrogens (tertiary/aromatic N) is 5. The van der Waals surface area contributed by atoms with E-state index < -0.39 is 0 Å². The number of piperazine rings is 1. The molecule has 1 aromatic carbocycles. The van der Waals surface area contributed by atoms with Gasteiger partial charge >= 0.3 is 0 Å². The molecule has 0 N–H and O–H groups in total. The van der Waals surface area contributed by atoms with Gasteiger partial charge in [-0.05, 0) is 50.3 Å². The summed E-state index contributed by atoms with van der Waals surface area (Å²) in [6.07, 6.45) is 7.39. The standard InChI is InChI=1S/C24H31N5O/c1-19-8-4-5-9-21(19)10-11-24(30)29-16-14-28(15-17-29)23-18-22(25-20(2)26-23)27-12-6-3-7-13-27/h4-5,8-11,18H,3,6-7,12-17H2,1-2H3/b11-10+. The normalized spacial score (nSPS) is 17.6. The van der Waals surface area contributed by atoms with Gasteiger partial charge in [0.2, 0.25) is 5.91 Å². The van der Waals surface area contributed by atoms with Crippen molar-refractivity contribution in [1.82, 2.24) is 14.9 Å². The summed E-state index contributed by atoms with van der Waals surface area (Å²) in [4.78, 5) is 28.5. The Morgan fingerprint density at radius 3 is 2.17 bits per heavy atom. The molecule has 3 heterocycles. The summed E-state index contributed by atoms with van der Waals surface area (Å²) < 4.78 is 0. The molecule has 2 aromatic rings. The number of rotatable bonds is 4. The van der Waals surface area contributed by atoms with Gasteiger partial charge in [-0.1, -0.05) is 24.3 Å². The van der Waals surface area contributed by atoms with Crippen molar-refractivity contribution >= 4 is 23.6 Å². The molecule has 158 valence electrons. The number of hydrogen-bond donors (Lipinski definition) is 0. The van der Waals surface area contributed by atoms with Gasteiger partial charge in [-0.15, -0.1) is 0 Å². The fourth-order valence-electron chi connectivity index (χ4n) is 4.18. The molecule has 0 aliphatic carbocycles. The molecule has 2 aliphatic rings. The number of carbonyl (C=O) groups excluding carboxylic acids is 1. The lowest BCUT2D eigenvalue weighted by Crippen LogP contribution is -2.48. The highest BCUT2D eigenvalue weighted by atomic mass is 16.2.